The molecular formula is C10H7ClNO. The lowest BCUT2D eigenvalue weighted by atomic mass is 10.2. The number of hydrogen-bond donors (Lipinski definition) is 0. The van der Waals surface area contributed by atoms with Crippen LogP contribution in [0.3, 0.4) is 0 Å². The monoisotopic (exact) mass is 192 g/mol. The van der Waals surface area contributed by atoms with Gasteiger partial charge in [0.2, 0.25) is 0 Å². The molecule has 0 spiro atoms. The predicted octanol–water partition coefficient (Wildman–Crippen LogP) is 2.29. The van der Waals surface area contributed by atoms with Crippen LogP contribution >= 0.6 is 11.6 Å². The van der Waals surface area contributed by atoms with Crippen LogP contribution in [-0.4, -0.2) is 4.57 Å². The largest absolute Gasteiger partial charge is 0.313 e. The molecule has 2 rings (SSSR count). The SMILES string of the molecule is [CH2]n1cc2cc(Cl)ccc2cc1=O. The van der Waals surface area contributed by atoms with Crippen molar-refractivity contribution in [2.24, 2.45) is 0 Å². The van der Waals surface area contributed by atoms with Gasteiger partial charge in [0.15, 0.2) is 0 Å². The Kier molecular flexibility index (Phi) is 1.85. The van der Waals surface area contributed by atoms with E-state index >= 15 is 0 Å². The lowest BCUT2D eigenvalue weighted by molar-refractivity contribution is 1.01. The molecule has 0 aliphatic rings. The first kappa shape index (κ1) is 8.32. The number of fused-ring (bicyclic) bond motifs is 1. The van der Waals surface area contributed by atoms with Crippen molar-refractivity contribution in [3.05, 3.63) is 52.9 Å². The molecule has 1 aromatic carbocycles. The predicted molar refractivity (Wildman–Crippen MR) is 54.0 cm³/mol. The number of pyridine rings is 1. The van der Waals surface area contributed by atoms with Crippen LogP contribution in [0, 0.1) is 7.05 Å². The third-order valence-corrected chi connectivity index (χ3v) is 2.14. The normalized spacial score (nSPS) is 10.6. The van der Waals surface area contributed by atoms with E-state index in [1.165, 1.54) is 4.57 Å². The molecule has 0 fully saturated rings. The van der Waals surface area contributed by atoms with Crippen LogP contribution in [0.5, 0.6) is 0 Å². The summed E-state index contributed by atoms with van der Waals surface area (Å²) in [6, 6.07) is 6.92. The highest BCUT2D eigenvalue weighted by Gasteiger charge is 1.97. The molecule has 0 atom stereocenters. The van der Waals surface area contributed by atoms with Gasteiger partial charge >= 0.3 is 0 Å². The van der Waals surface area contributed by atoms with E-state index in [9.17, 15) is 4.79 Å². The minimum absolute atomic E-state index is 0.116. The lowest BCUT2D eigenvalue weighted by Gasteiger charge is -2.00. The molecule has 0 bridgehead atoms. The molecule has 0 aliphatic carbocycles. The van der Waals surface area contributed by atoms with E-state index in [0.29, 0.717) is 5.02 Å². The summed E-state index contributed by atoms with van der Waals surface area (Å²) < 4.78 is 1.29. The number of nitrogens with zero attached hydrogens (tertiary/aromatic N) is 1. The van der Waals surface area contributed by atoms with Gasteiger partial charge in [-0.25, -0.2) is 0 Å². The third kappa shape index (κ3) is 1.45. The highest BCUT2D eigenvalue weighted by atomic mass is 35.5. The number of halogens is 1. The molecule has 0 saturated carbocycles. The smallest absolute Gasteiger partial charge is 0.251 e. The van der Waals surface area contributed by atoms with Crippen LogP contribution in [0.15, 0.2) is 35.3 Å². The van der Waals surface area contributed by atoms with Crippen LogP contribution < -0.4 is 5.56 Å². The Balaban J connectivity index is 2.89. The summed E-state index contributed by atoms with van der Waals surface area (Å²) in [5.41, 5.74) is -0.116. The average Bonchev–Trinajstić information content (AvgIpc) is 2.08. The van der Waals surface area contributed by atoms with Crippen molar-refractivity contribution >= 4 is 22.4 Å². The highest BCUT2D eigenvalue weighted by Crippen LogP contribution is 2.16. The summed E-state index contributed by atoms with van der Waals surface area (Å²) in [6.45, 7) is 0. The fourth-order valence-corrected chi connectivity index (χ4v) is 1.42. The zero-order chi connectivity index (χ0) is 9.42. The molecule has 2 nitrogen and oxygen atoms in total. The molecule has 0 unspecified atom stereocenters. The standard InChI is InChI=1S/C10H7ClNO/c1-12-6-8-4-9(11)3-2-7(8)5-10(12)13/h2-6H,1H2. The van der Waals surface area contributed by atoms with Gasteiger partial charge < -0.3 is 4.57 Å². The Bertz CT molecular complexity index is 516. The second kappa shape index (κ2) is 2.89. The Morgan fingerprint density at radius 3 is 2.77 bits per heavy atom. The maximum Gasteiger partial charge on any atom is 0.251 e. The van der Waals surface area contributed by atoms with Crippen LogP contribution in [0.2, 0.25) is 5.02 Å². The van der Waals surface area contributed by atoms with E-state index in [4.69, 9.17) is 11.6 Å². The van der Waals surface area contributed by atoms with Crippen molar-refractivity contribution in [1.29, 1.82) is 0 Å². The Labute approximate surface area is 80.4 Å². The zero-order valence-electron chi connectivity index (χ0n) is 6.83. The highest BCUT2D eigenvalue weighted by molar-refractivity contribution is 6.31. The van der Waals surface area contributed by atoms with Crippen molar-refractivity contribution in [2.45, 2.75) is 0 Å². The summed E-state index contributed by atoms with van der Waals surface area (Å²) in [6.07, 6.45) is 1.67. The molecule has 0 saturated heterocycles. The van der Waals surface area contributed by atoms with E-state index in [-0.39, 0.29) is 5.56 Å². The van der Waals surface area contributed by atoms with Crippen LogP contribution in [0.25, 0.3) is 10.8 Å². The number of aromatic nitrogens is 1. The maximum absolute atomic E-state index is 11.2. The molecule has 0 N–H and O–H groups in total. The first-order valence-corrected chi connectivity index (χ1v) is 4.17. The van der Waals surface area contributed by atoms with Gasteiger partial charge in [-0.2, -0.15) is 0 Å². The molecule has 2 aromatic rings. The van der Waals surface area contributed by atoms with Gasteiger partial charge in [-0.05, 0) is 22.9 Å². The summed E-state index contributed by atoms with van der Waals surface area (Å²) >= 11 is 5.80. The second-order valence-corrected chi connectivity index (χ2v) is 3.29. The minimum Gasteiger partial charge on any atom is -0.313 e. The van der Waals surface area contributed by atoms with E-state index in [2.05, 4.69) is 7.05 Å². The van der Waals surface area contributed by atoms with Crippen LogP contribution in [0.1, 0.15) is 0 Å². The van der Waals surface area contributed by atoms with E-state index in [1.807, 2.05) is 6.07 Å². The Hall–Kier alpha value is -1.28. The van der Waals surface area contributed by atoms with Gasteiger partial charge in [-0.1, -0.05) is 17.7 Å². The Morgan fingerprint density at radius 2 is 2.00 bits per heavy atom. The van der Waals surface area contributed by atoms with Crippen LogP contribution in [-0.2, 0) is 0 Å². The van der Waals surface area contributed by atoms with E-state index < -0.39 is 0 Å². The number of hydrogen-bond acceptors (Lipinski definition) is 1. The zero-order valence-corrected chi connectivity index (χ0v) is 7.58. The van der Waals surface area contributed by atoms with Gasteiger partial charge in [0, 0.05) is 24.3 Å². The molecule has 1 aromatic heterocycles. The minimum atomic E-state index is -0.116. The van der Waals surface area contributed by atoms with Crippen molar-refractivity contribution in [3.8, 4) is 0 Å². The van der Waals surface area contributed by atoms with Gasteiger partial charge in [-0.3, -0.25) is 4.79 Å². The first-order valence-electron chi connectivity index (χ1n) is 3.80. The molecule has 1 radical (unpaired) electrons. The maximum atomic E-state index is 11.2. The molecule has 1 heterocycles. The topological polar surface area (TPSA) is 22.0 Å². The molecule has 0 amide bonds. The van der Waals surface area contributed by atoms with E-state index in [0.717, 1.165) is 10.8 Å². The van der Waals surface area contributed by atoms with Crippen LogP contribution in [0.4, 0.5) is 0 Å². The van der Waals surface area contributed by atoms with Gasteiger partial charge in [-0.15, -0.1) is 0 Å². The van der Waals surface area contributed by atoms with Gasteiger partial charge in [0.05, 0.1) is 0 Å². The fraction of sp³-hybridized carbons (Fsp3) is 0. The van der Waals surface area contributed by atoms with Gasteiger partial charge in [0.1, 0.15) is 0 Å². The van der Waals surface area contributed by atoms with Crippen molar-refractivity contribution < 1.29 is 0 Å². The molecule has 3 heteroatoms. The molecule has 13 heavy (non-hydrogen) atoms. The number of rotatable bonds is 0. The second-order valence-electron chi connectivity index (χ2n) is 2.85. The van der Waals surface area contributed by atoms with Crippen molar-refractivity contribution in [2.75, 3.05) is 0 Å². The van der Waals surface area contributed by atoms with Crippen molar-refractivity contribution in [1.82, 2.24) is 4.57 Å². The quantitative estimate of drug-likeness (QED) is 0.628. The van der Waals surface area contributed by atoms with Gasteiger partial charge in [0.25, 0.3) is 5.56 Å². The Morgan fingerprint density at radius 1 is 1.23 bits per heavy atom. The molecular weight excluding hydrogens is 186 g/mol. The summed E-state index contributed by atoms with van der Waals surface area (Å²) in [4.78, 5) is 11.2. The fourth-order valence-electron chi connectivity index (χ4n) is 1.24. The molecule has 65 valence electrons. The van der Waals surface area contributed by atoms with E-state index in [1.54, 1.807) is 24.4 Å². The lowest BCUT2D eigenvalue weighted by Crippen LogP contribution is -2.12. The summed E-state index contributed by atoms with van der Waals surface area (Å²) in [7, 11) is 3.56. The summed E-state index contributed by atoms with van der Waals surface area (Å²) in [5, 5.41) is 2.46. The number of benzene rings is 1. The molecule has 0 aliphatic heterocycles. The summed E-state index contributed by atoms with van der Waals surface area (Å²) in [5.74, 6) is 0. The van der Waals surface area contributed by atoms with Crippen molar-refractivity contribution in [3.63, 3.8) is 0 Å². The first-order chi connectivity index (χ1) is 6.16. The average molecular weight is 193 g/mol. The third-order valence-electron chi connectivity index (χ3n) is 1.91.